The number of aromatic amines is 1. The van der Waals surface area contributed by atoms with Crippen LogP contribution in [0, 0.1) is 0 Å². The summed E-state index contributed by atoms with van der Waals surface area (Å²) in [5.41, 5.74) is 3.81. The molecule has 0 saturated carbocycles. The first-order valence-corrected chi connectivity index (χ1v) is 11.0. The monoisotopic (exact) mass is 418 g/mol. The lowest BCUT2D eigenvalue weighted by Crippen LogP contribution is -2.36. The molecule has 5 rings (SSSR count). The summed E-state index contributed by atoms with van der Waals surface area (Å²) >= 11 is 1.55. The van der Waals surface area contributed by atoms with E-state index in [9.17, 15) is 4.79 Å². The van der Waals surface area contributed by atoms with E-state index < -0.39 is 0 Å². The minimum Gasteiger partial charge on any atom is -0.341 e. The molecule has 4 aromatic rings. The quantitative estimate of drug-likeness (QED) is 0.550. The topological polar surface area (TPSA) is 78.0 Å². The maximum Gasteiger partial charge on any atom is 0.228 e. The van der Waals surface area contributed by atoms with Gasteiger partial charge in [-0.3, -0.25) is 9.78 Å². The van der Waals surface area contributed by atoms with Crippen LogP contribution in [0.4, 0.5) is 5.95 Å². The second-order valence-electron chi connectivity index (χ2n) is 7.36. The molecule has 1 aliphatic rings. The fourth-order valence-electron chi connectivity index (χ4n) is 3.74. The van der Waals surface area contributed by atoms with Crippen LogP contribution in [0.3, 0.4) is 0 Å². The van der Waals surface area contributed by atoms with E-state index >= 15 is 0 Å². The van der Waals surface area contributed by atoms with Crippen LogP contribution in [-0.4, -0.2) is 56.9 Å². The number of H-pyrrole nitrogens is 1. The number of fused-ring (bicyclic) bond motifs is 1. The van der Waals surface area contributed by atoms with Gasteiger partial charge in [0.1, 0.15) is 5.01 Å². The zero-order chi connectivity index (χ0) is 20.3. The van der Waals surface area contributed by atoms with Crippen molar-refractivity contribution < 1.29 is 4.79 Å². The third-order valence-corrected chi connectivity index (χ3v) is 6.26. The number of rotatable bonds is 4. The summed E-state index contributed by atoms with van der Waals surface area (Å²) in [4.78, 5) is 33.9. The predicted octanol–water partition coefficient (Wildman–Crippen LogP) is 3.36. The zero-order valence-electron chi connectivity index (χ0n) is 16.5. The fraction of sp³-hybridized carbons (Fsp3) is 0.273. The summed E-state index contributed by atoms with van der Waals surface area (Å²) in [5, 5.41) is 2.87. The van der Waals surface area contributed by atoms with Gasteiger partial charge in [0.2, 0.25) is 11.9 Å². The van der Waals surface area contributed by atoms with Crippen LogP contribution in [0.15, 0.2) is 54.2 Å². The van der Waals surface area contributed by atoms with Crippen LogP contribution in [0.1, 0.15) is 12.1 Å². The van der Waals surface area contributed by atoms with E-state index in [1.807, 2.05) is 46.7 Å². The Labute approximate surface area is 178 Å². The lowest BCUT2D eigenvalue weighted by Gasteiger charge is -2.21. The summed E-state index contributed by atoms with van der Waals surface area (Å²) in [6, 6.07) is 11.9. The van der Waals surface area contributed by atoms with Gasteiger partial charge in [0.25, 0.3) is 0 Å². The van der Waals surface area contributed by atoms with Crippen molar-refractivity contribution in [2.45, 2.75) is 12.8 Å². The number of carbonyl (C=O) groups is 1. The third kappa shape index (κ3) is 3.91. The first kappa shape index (κ1) is 18.7. The number of pyridine rings is 1. The van der Waals surface area contributed by atoms with Crippen molar-refractivity contribution in [3.63, 3.8) is 0 Å². The number of imidazole rings is 1. The first-order valence-electron chi connectivity index (χ1n) is 10.1. The summed E-state index contributed by atoms with van der Waals surface area (Å²) in [7, 11) is 0. The molecule has 1 saturated heterocycles. The van der Waals surface area contributed by atoms with Crippen molar-refractivity contribution in [2.24, 2.45) is 0 Å². The smallest absolute Gasteiger partial charge is 0.228 e. The molecule has 30 heavy (non-hydrogen) atoms. The van der Waals surface area contributed by atoms with Gasteiger partial charge in [-0.25, -0.2) is 9.97 Å². The lowest BCUT2D eigenvalue weighted by molar-refractivity contribution is -0.130. The number of thiazole rings is 1. The molecule has 1 fully saturated rings. The van der Waals surface area contributed by atoms with E-state index in [0.717, 1.165) is 59.3 Å². The Kier molecular flexibility index (Phi) is 5.15. The second-order valence-corrected chi connectivity index (χ2v) is 8.22. The standard InChI is InChI=1S/C22H22N6OS/c29-20(13-17-15-30-21(24-17)16-5-3-8-23-14-16)27-9-4-10-28(12-11-27)22-25-18-6-1-2-7-19(18)26-22/h1-3,5-8,14-15H,4,9-13H2,(H,25,26). The number of nitrogens with one attached hydrogen (secondary N) is 1. The molecular weight excluding hydrogens is 396 g/mol. The van der Waals surface area contributed by atoms with Crippen molar-refractivity contribution >= 4 is 34.2 Å². The molecule has 4 heterocycles. The van der Waals surface area contributed by atoms with E-state index in [-0.39, 0.29) is 5.91 Å². The molecule has 1 aliphatic heterocycles. The number of hydrogen-bond acceptors (Lipinski definition) is 6. The van der Waals surface area contributed by atoms with Gasteiger partial charge >= 0.3 is 0 Å². The maximum atomic E-state index is 12.9. The highest BCUT2D eigenvalue weighted by Crippen LogP contribution is 2.23. The Bertz CT molecular complexity index is 1120. The van der Waals surface area contributed by atoms with Crippen molar-refractivity contribution in [3.05, 3.63) is 59.9 Å². The summed E-state index contributed by atoms with van der Waals surface area (Å²) in [6.45, 7) is 3.10. The molecule has 152 valence electrons. The second kappa shape index (κ2) is 8.23. The molecule has 0 unspecified atom stereocenters. The average molecular weight is 419 g/mol. The highest BCUT2D eigenvalue weighted by atomic mass is 32.1. The summed E-state index contributed by atoms with van der Waals surface area (Å²) in [6.07, 6.45) is 4.80. The van der Waals surface area contributed by atoms with E-state index in [1.54, 1.807) is 23.7 Å². The predicted molar refractivity (Wildman–Crippen MR) is 119 cm³/mol. The molecule has 0 atom stereocenters. The van der Waals surface area contributed by atoms with Crippen molar-refractivity contribution in [1.82, 2.24) is 24.8 Å². The minimum atomic E-state index is 0.129. The Balaban J connectivity index is 1.22. The molecule has 3 aromatic heterocycles. The van der Waals surface area contributed by atoms with Crippen molar-refractivity contribution in [2.75, 3.05) is 31.1 Å². The van der Waals surface area contributed by atoms with Crippen LogP contribution in [0.5, 0.6) is 0 Å². The average Bonchev–Trinajstić information content (AvgIpc) is 3.34. The fourth-order valence-corrected chi connectivity index (χ4v) is 4.56. The lowest BCUT2D eigenvalue weighted by atomic mass is 10.2. The van der Waals surface area contributed by atoms with E-state index in [4.69, 9.17) is 4.98 Å². The molecule has 0 bridgehead atoms. The molecule has 1 aromatic carbocycles. The number of benzene rings is 1. The van der Waals surface area contributed by atoms with Crippen molar-refractivity contribution in [1.29, 1.82) is 0 Å². The number of para-hydroxylation sites is 2. The molecule has 8 heteroatoms. The SMILES string of the molecule is O=C(Cc1csc(-c2cccnc2)n1)N1CCCN(c2nc3ccccc3[nH]2)CC1. The van der Waals surface area contributed by atoms with E-state index in [1.165, 1.54) is 0 Å². The molecule has 0 radical (unpaired) electrons. The number of aromatic nitrogens is 4. The Hall–Kier alpha value is -3.26. The maximum absolute atomic E-state index is 12.9. The number of nitrogens with zero attached hydrogens (tertiary/aromatic N) is 5. The van der Waals surface area contributed by atoms with Gasteiger partial charge in [-0.05, 0) is 30.7 Å². The van der Waals surface area contributed by atoms with Gasteiger partial charge in [-0.2, -0.15) is 0 Å². The number of carbonyl (C=O) groups excluding carboxylic acids is 1. The molecule has 0 spiro atoms. The largest absolute Gasteiger partial charge is 0.341 e. The van der Waals surface area contributed by atoms with Crippen LogP contribution >= 0.6 is 11.3 Å². The Morgan fingerprint density at radius 2 is 2.00 bits per heavy atom. The van der Waals surface area contributed by atoms with Gasteiger partial charge in [-0.1, -0.05) is 12.1 Å². The molecule has 1 amide bonds. The van der Waals surface area contributed by atoms with Crippen LogP contribution in [-0.2, 0) is 11.2 Å². The zero-order valence-corrected chi connectivity index (χ0v) is 17.3. The third-order valence-electron chi connectivity index (χ3n) is 5.32. The van der Waals surface area contributed by atoms with Gasteiger partial charge in [0.05, 0.1) is 23.1 Å². The Morgan fingerprint density at radius 1 is 1.07 bits per heavy atom. The number of hydrogen-bond donors (Lipinski definition) is 1. The molecule has 7 nitrogen and oxygen atoms in total. The van der Waals surface area contributed by atoms with Crippen LogP contribution < -0.4 is 4.90 Å². The summed E-state index contributed by atoms with van der Waals surface area (Å²) < 4.78 is 0. The highest BCUT2D eigenvalue weighted by Gasteiger charge is 2.22. The highest BCUT2D eigenvalue weighted by molar-refractivity contribution is 7.13. The van der Waals surface area contributed by atoms with E-state index in [2.05, 4.69) is 19.9 Å². The van der Waals surface area contributed by atoms with Gasteiger partial charge in [0.15, 0.2) is 0 Å². The first-order chi connectivity index (χ1) is 14.8. The Morgan fingerprint density at radius 3 is 2.87 bits per heavy atom. The summed E-state index contributed by atoms with van der Waals surface area (Å²) in [5.74, 6) is 1.01. The normalized spacial score (nSPS) is 14.8. The van der Waals surface area contributed by atoms with Gasteiger partial charge in [0, 0.05) is 49.5 Å². The van der Waals surface area contributed by atoms with Crippen LogP contribution in [0.2, 0.25) is 0 Å². The molecule has 1 N–H and O–H groups in total. The van der Waals surface area contributed by atoms with Crippen molar-refractivity contribution in [3.8, 4) is 10.6 Å². The van der Waals surface area contributed by atoms with E-state index in [0.29, 0.717) is 13.0 Å². The van der Waals surface area contributed by atoms with Gasteiger partial charge in [-0.15, -0.1) is 11.3 Å². The molecule has 0 aliphatic carbocycles. The minimum absolute atomic E-state index is 0.129. The number of anilines is 1. The number of amides is 1. The molecular formula is C22H22N6OS. The van der Waals surface area contributed by atoms with Gasteiger partial charge < -0.3 is 14.8 Å². The van der Waals surface area contributed by atoms with Crippen LogP contribution in [0.25, 0.3) is 21.6 Å².